The SMILES string of the molecule is CC(C)CCNC(=O)Cn1cnc(-c2ccc(N)cc2)n1. The molecule has 0 aliphatic carbocycles. The minimum Gasteiger partial charge on any atom is -0.399 e. The van der Waals surface area contributed by atoms with E-state index in [0.29, 0.717) is 24.0 Å². The zero-order valence-electron chi connectivity index (χ0n) is 12.4. The second-order valence-corrected chi connectivity index (χ2v) is 5.42. The first kappa shape index (κ1) is 15.0. The fraction of sp³-hybridized carbons (Fsp3) is 0.400. The first-order valence-electron chi connectivity index (χ1n) is 7.06. The van der Waals surface area contributed by atoms with Crippen LogP contribution in [0, 0.1) is 5.92 Å². The van der Waals surface area contributed by atoms with Gasteiger partial charge in [0.1, 0.15) is 12.9 Å². The molecule has 0 fully saturated rings. The number of benzene rings is 1. The highest BCUT2D eigenvalue weighted by Crippen LogP contribution is 2.15. The number of nitrogens with one attached hydrogen (secondary N) is 1. The quantitative estimate of drug-likeness (QED) is 0.792. The van der Waals surface area contributed by atoms with Crippen LogP contribution in [0.25, 0.3) is 11.4 Å². The third kappa shape index (κ3) is 4.59. The van der Waals surface area contributed by atoms with Crippen molar-refractivity contribution in [2.45, 2.75) is 26.8 Å². The normalized spacial score (nSPS) is 10.8. The van der Waals surface area contributed by atoms with Gasteiger partial charge in [0.2, 0.25) is 5.91 Å². The number of aromatic nitrogens is 3. The molecule has 2 aromatic rings. The van der Waals surface area contributed by atoms with E-state index < -0.39 is 0 Å². The fourth-order valence-corrected chi connectivity index (χ4v) is 1.84. The summed E-state index contributed by atoms with van der Waals surface area (Å²) in [5.41, 5.74) is 7.22. The number of nitrogen functional groups attached to an aromatic ring is 1. The molecule has 3 N–H and O–H groups in total. The Labute approximate surface area is 124 Å². The molecule has 112 valence electrons. The van der Waals surface area contributed by atoms with Gasteiger partial charge in [-0.2, -0.15) is 5.10 Å². The van der Waals surface area contributed by atoms with Gasteiger partial charge in [0, 0.05) is 17.8 Å². The van der Waals surface area contributed by atoms with Crippen LogP contribution in [0.5, 0.6) is 0 Å². The third-order valence-electron chi connectivity index (χ3n) is 3.05. The Morgan fingerprint density at radius 1 is 1.33 bits per heavy atom. The van der Waals surface area contributed by atoms with Gasteiger partial charge >= 0.3 is 0 Å². The van der Waals surface area contributed by atoms with Crippen molar-refractivity contribution in [3.8, 4) is 11.4 Å². The van der Waals surface area contributed by atoms with E-state index in [-0.39, 0.29) is 12.5 Å². The van der Waals surface area contributed by atoms with Crippen LogP contribution in [0.15, 0.2) is 30.6 Å². The molecular weight excluding hydrogens is 266 g/mol. The topological polar surface area (TPSA) is 85.8 Å². The lowest BCUT2D eigenvalue weighted by Crippen LogP contribution is -2.29. The summed E-state index contributed by atoms with van der Waals surface area (Å²) in [5, 5.41) is 7.17. The number of anilines is 1. The molecule has 6 nitrogen and oxygen atoms in total. The second kappa shape index (κ2) is 6.88. The molecule has 21 heavy (non-hydrogen) atoms. The lowest BCUT2D eigenvalue weighted by Gasteiger charge is -2.06. The van der Waals surface area contributed by atoms with Crippen LogP contribution in [0.2, 0.25) is 0 Å². The molecule has 1 heterocycles. The van der Waals surface area contributed by atoms with E-state index >= 15 is 0 Å². The lowest BCUT2D eigenvalue weighted by atomic mass is 10.1. The maximum Gasteiger partial charge on any atom is 0.241 e. The molecular formula is C15H21N5O. The molecule has 0 bridgehead atoms. The first-order chi connectivity index (χ1) is 10.0. The fourth-order valence-electron chi connectivity index (χ4n) is 1.84. The summed E-state index contributed by atoms with van der Waals surface area (Å²) in [6.45, 7) is 5.13. The van der Waals surface area contributed by atoms with Gasteiger partial charge in [-0.05, 0) is 36.6 Å². The molecule has 1 aromatic heterocycles. The van der Waals surface area contributed by atoms with Crippen LogP contribution < -0.4 is 11.1 Å². The zero-order chi connectivity index (χ0) is 15.2. The van der Waals surface area contributed by atoms with Crippen LogP contribution in [-0.4, -0.2) is 27.2 Å². The zero-order valence-corrected chi connectivity index (χ0v) is 12.4. The molecule has 0 atom stereocenters. The van der Waals surface area contributed by atoms with Gasteiger partial charge in [-0.3, -0.25) is 4.79 Å². The lowest BCUT2D eigenvalue weighted by molar-refractivity contribution is -0.121. The number of rotatable bonds is 6. The average molecular weight is 287 g/mol. The van der Waals surface area contributed by atoms with Crippen LogP contribution >= 0.6 is 0 Å². The Hall–Kier alpha value is -2.37. The Balaban J connectivity index is 1.91. The molecule has 2 rings (SSSR count). The van der Waals surface area contributed by atoms with Crippen LogP contribution in [0.4, 0.5) is 5.69 Å². The summed E-state index contributed by atoms with van der Waals surface area (Å²) in [6.07, 6.45) is 2.54. The summed E-state index contributed by atoms with van der Waals surface area (Å²) < 4.78 is 1.54. The molecule has 0 aliphatic rings. The minimum atomic E-state index is -0.0515. The highest BCUT2D eigenvalue weighted by Gasteiger charge is 2.07. The van der Waals surface area contributed by atoms with Gasteiger partial charge in [-0.15, -0.1) is 0 Å². The van der Waals surface area contributed by atoms with Crippen LogP contribution in [0.1, 0.15) is 20.3 Å². The number of carbonyl (C=O) groups excluding carboxylic acids is 1. The van der Waals surface area contributed by atoms with Crippen molar-refractivity contribution in [3.63, 3.8) is 0 Å². The molecule has 0 saturated carbocycles. The van der Waals surface area contributed by atoms with Crippen molar-refractivity contribution < 1.29 is 4.79 Å². The van der Waals surface area contributed by atoms with Gasteiger partial charge in [0.15, 0.2) is 5.82 Å². The number of hydrogen-bond donors (Lipinski definition) is 2. The highest BCUT2D eigenvalue weighted by molar-refractivity contribution is 5.75. The molecule has 0 spiro atoms. The molecule has 1 amide bonds. The maximum atomic E-state index is 11.8. The molecule has 0 aliphatic heterocycles. The van der Waals surface area contributed by atoms with Crippen molar-refractivity contribution in [1.29, 1.82) is 0 Å². The predicted octanol–water partition coefficient (Wildman–Crippen LogP) is 1.69. The predicted molar refractivity (Wildman–Crippen MR) is 82.3 cm³/mol. The van der Waals surface area contributed by atoms with Crippen LogP contribution in [-0.2, 0) is 11.3 Å². The van der Waals surface area contributed by atoms with E-state index in [2.05, 4.69) is 29.2 Å². The second-order valence-electron chi connectivity index (χ2n) is 5.42. The van der Waals surface area contributed by atoms with E-state index in [1.165, 1.54) is 4.68 Å². The van der Waals surface area contributed by atoms with Gasteiger partial charge in [0.25, 0.3) is 0 Å². The van der Waals surface area contributed by atoms with Crippen molar-refractivity contribution in [2.75, 3.05) is 12.3 Å². The number of nitrogens with zero attached hydrogens (tertiary/aromatic N) is 3. The smallest absolute Gasteiger partial charge is 0.241 e. The van der Waals surface area contributed by atoms with Gasteiger partial charge in [-0.25, -0.2) is 9.67 Å². The Morgan fingerprint density at radius 3 is 2.71 bits per heavy atom. The van der Waals surface area contributed by atoms with E-state index in [1.54, 1.807) is 18.5 Å². The summed E-state index contributed by atoms with van der Waals surface area (Å²) in [7, 11) is 0. The summed E-state index contributed by atoms with van der Waals surface area (Å²) in [5.74, 6) is 1.11. The van der Waals surface area contributed by atoms with E-state index in [9.17, 15) is 4.79 Å². The summed E-state index contributed by atoms with van der Waals surface area (Å²) in [6, 6.07) is 7.32. The highest BCUT2D eigenvalue weighted by atomic mass is 16.2. The van der Waals surface area contributed by atoms with E-state index in [1.807, 2.05) is 12.1 Å². The maximum absolute atomic E-state index is 11.8. The van der Waals surface area contributed by atoms with Crippen LogP contribution in [0.3, 0.4) is 0 Å². The Morgan fingerprint density at radius 2 is 2.05 bits per heavy atom. The van der Waals surface area contributed by atoms with E-state index in [4.69, 9.17) is 5.73 Å². The standard InChI is InChI=1S/C15H21N5O/c1-11(2)7-8-17-14(21)9-20-10-18-15(19-20)12-3-5-13(16)6-4-12/h3-6,10-11H,7-9,16H2,1-2H3,(H,17,21). The summed E-state index contributed by atoms with van der Waals surface area (Å²) >= 11 is 0. The molecule has 0 radical (unpaired) electrons. The van der Waals surface area contributed by atoms with Crippen molar-refractivity contribution in [3.05, 3.63) is 30.6 Å². The molecule has 1 aromatic carbocycles. The number of amides is 1. The third-order valence-corrected chi connectivity index (χ3v) is 3.05. The Bertz CT molecular complexity index is 588. The monoisotopic (exact) mass is 287 g/mol. The number of nitrogens with two attached hydrogens (primary N) is 1. The summed E-state index contributed by atoms with van der Waals surface area (Å²) in [4.78, 5) is 16.0. The van der Waals surface area contributed by atoms with Crippen molar-refractivity contribution >= 4 is 11.6 Å². The van der Waals surface area contributed by atoms with Gasteiger partial charge in [-0.1, -0.05) is 13.8 Å². The van der Waals surface area contributed by atoms with Crippen molar-refractivity contribution in [1.82, 2.24) is 20.1 Å². The van der Waals surface area contributed by atoms with Crippen molar-refractivity contribution in [2.24, 2.45) is 5.92 Å². The average Bonchev–Trinajstić information content (AvgIpc) is 2.87. The van der Waals surface area contributed by atoms with Gasteiger partial charge in [0.05, 0.1) is 0 Å². The largest absolute Gasteiger partial charge is 0.399 e. The minimum absolute atomic E-state index is 0.0515. The molecule has 0 saturated heterocycles. The number of carbonyl (C=O) groups is 1. The Kier molecular flexibility index (Phi) is 4.92. The van der Waals surface area contributed by atoms with Gasteiger partial charge < -0.3 is 11.1 Å². The van der Waals surface area contributed by atoms with E-state index in [0.717, 1.165) is 12.0 Å². The first-order valence-corrected chi connectivity index (χ1v) is 7.06. The number of hydrogen-bond acceptors (Lipinski definition) is 4. The molecule has 6 heteroatoms. The molecule has 0 unspecified atom stereocenters.